The first-order valence-electron chi connectivity index (χ1n) is 6.15. The maximum atomic E-state index is 12.3. The van der Waals surface area contributed by atoms with E-state index in [0.29, 0.717) is 0 Å². The van der Waals surface area contributed by atoms with Crippen LogP contribution in [-0.4, -0.2) is 25.6 Å². The number of nitrogens with one attached hydrogen (secondary N) is 1. The van der Waals surface area contributed by atoms with Gasteiger partial charge in [-0.1, -0.05) is 6.07 Å². The van der Waals surface area contributed by atoms with Crippen LogP contribution in [-0.2, 0) is 13.6 Å². The van der Waals surface area contributed by atoms with Gasteiger partial charge in [0.05, 0.1) is 5.69 Å². The lowest BCUT2D eigenvalue weighted by Crippen LogP contribution is -2.38. The molecule has 2 N–H and O–H groups in total. The largest absolute Gasteiger partial charge is 0.367 e. The van der Waals surface area contributed by atoms with E-state index < -0.39 is 13.8 Å². The minimum atomic E-state index is -3.46. The molecule has 0 saturated heterocycles. The third kappa shape index (κ3) is 2.60. The fourth-order valence-electron chi connectivity index (χ4n) is 2.22. The summed E-state index contributed by atoms with van der Waals surface area (Å²) in [5, 5.41) is 12.0. The van der Waals surface area contributed by atoms with Crippen LogP contribution in [0.4, 0.5) is 5.69 Å². The Balaban J connectivity index is 2.30. The molecule has 1 unspecified atom stereocenters. The first kappa shape index (κ1) is 15.1. The van der Waals surface area contributed by atoms with Gasteiger partial charge in [-0.2, -0.15) is 0 Å². The van der Waals surface area contributed by atoms with E-state index >= 15 is 0 Å². The van der Waals surface area contributed by atoms with Gasteiger partial charge in [0.2, 0.25) is 0 Å². The minimum absolute atomic E-state index is 0.182. The van der Waals surface area contributed by atoms with Gasteiger partial charge in [-0.05, 0) is 37.1 Å². The van der Waals surface area contributed by atoms with Gasteiger partial charge in [-0.25, -0.2) is 0 Å². The van der Waals surface area contributed by atoms with Crippen molar-refractivity contribution in [3.63, 3.8) is 0 Å². The zero-order chi connectivity index (χ0) is 14.9. The third-order valence-corrected chi connectivity index (χ3v) is 5.10. The maximum absolute atomic E-state index is 12.3. The molecule has 1 aromatic rings. The Labute approximate surface area is 118 Å². The first-order valence-corrected chi connectivity index (χ1v) is 7.69. The second-order valence-corrected chi connectivity index (χ2v) is 6.89. The van der Waals surface area contributed by atoms with Crippen LogP contribution in [0.3, 0.4) is 0 Å². The van der Waals surface area contributed by atoms with Crippen LogP contribution in [0.25, 0.3) is 0 Å². The third-order valence-electron chi connectivity index (χ3n) is 3.14. The fourth-order valence-corrected chi connectivity index (χ4v) is 3.41. The second-order valence-electron chi connectivity index (χ2n) is 4.65. The molecule has 0 saturated carbocycles. The lowest BCUT2D eigenvalue weighted by atomic mass is 10.1. The number of benzene rings is 1. The van der Waals surface area contributed by atoms with Crippen molar-refractivity contribution < 1.29 is 18.7 Å². The van der Waals surface area contributed by atoms with Gasteiger partial charge in [0.15, 0.2) is 6.23 Å². The number of nitrogens with zero attached hydrogens (tertiary/aromatic N) is 1. The molecule has 1 atom stereocenters. The predicted octanol–water partition coefficient (Wildman–Crippen LogP) is 2.27. The average Bonchev–Trinajstić information content (AvgIpc) is 2.79. The Kier molecular flexibility index (Phi) is 4.20. The van der Waals surface area contributed by atoms with E-state index in [4.69, 9.17) is 9.05 Å². The highest BCUT2D eigenvalue weighted by molar-refractivity contribution is 7.58. The molecule has 1 aromatic carbocycles. The van der Waals surface area contributed by atoms with E-state index in [2.05, 4.69) is 5.43 Å². The molecule has 0 fully saturated rings. The molecule has 2 rings (SSSR count). The number of rotatable bonds is 4. The molecule has 7 heteroatoms. The summed E-state index contributed by atoms with van der Waals surface area (Å²) in [5.41, 5.74) is 5.81. The Morgan fingerprint density at radius 1 is 1.20 bits per heavy atom. The molecule has 110 valence electrons. The summed E-state index contributed by atoms with van der Waals surface area (Å²) in [6.07, 6.45) is 0.345. The highest BCUT2D eigenvalue weighted by Gasteiger charge is 2.40. The van der Waals surface area contributed by atoms with Gasteiger partial charge in [-0.3, -0.25) is 9.57 Å². The number of aryl methyl sites for hydroxylation is 2. The highest BCUT2D eigenvalue weighted by atomic mass is 31.2. The number of aliphatic hydroxyl groups excluding tert-OH is 1. The number of aliphatic hydroxyl groups is 1. The van der Waals surface area contributed by atoms with Gasteiger partial charge in [0, 0.05) is 20.4 Å². The molecule has 0 aliphatic carbocycles. The molecule has 6 nitrogen and oxygen atoms in total. The Hall–Kier alpha value is -1.33. The zero-order valence-electron chi connectivity index (χ0n) is 12.0. The molecule has 1 aliphatic heterocycles. The van der Waals surface area contributed by atoms with E-state index in [1.165, 1.54) is 25.4 Å². The highest BCUT2D eigenvalue weighted by Crippen LogP contribution is 2.57. The van der Waals surface area contributed by atoms with Crippen molar-refractivity contribution in [2.24, 2.45) is 0 Å². The normalized spacial score (nSPS) is 18.9. The summed E-state index contributed by atoms with van der Waals surface area (Å²) in [7, 11) is -0.881. The van der Waals surface area contributed by atoms with Gasteiger partial charge < -0.3 is 19.6 Å². The van der Waals surface area contributed by atoms with Crippen molar-refractivity contribution in [3.8, 4) is 0 Å². The Bertz CT molecular complexity index is 559. The Morgan fingerprint density at radius 3 is 2.25 bits per heavy atom. The number of hydrazine groups is 1. The second kappa shape index (κ2) is 5.58. The van der Waals surface area contributed by atoms with Crippen LogP contribution >= 0.6 is 7.60 Å². The molecule has 0 bridgehead atoms. The van der Waals surface area contributed by atoms with Crippen LogP contribution in [0.5, 0.6) is 0 Å². The van der Waals surface area contributed by atoms with Gasteiger partial charge in [0.1, 0.15) is 5.31 Å². The summed E-state index contributed by atoms with van der Waals surface area (Å²) < 4.78 is 22.2. The lowest BCUT2D eigenvalue weighted by molar-refractivity contribution is 0.203. The first-order chi connectivity index (χ1) is 9.41. The Morgan fingerprint density at radius 2 is 1.75 bits per heavy atom. The fraction of sp³-hybridized carbons (Fsp3) is 0.385. The lowest BCUT2D eigenvalue weighted by Gasteiger charge is -2.26. The standard InChI is InChI=1S/C13H19N2O4P/c1-9-5-10(2)7-11(6-9)15-13(16)12(8-14-15)20(17,18-3)19-4/h5-8,13-14,16H,1-4H3. The minimum Gasteiger partial charge on any atom is -0.367 e. The molecule has 1 aliphatic rings. The molecule has 0 spiro atoms. The summed E-state index contributed by atoms with van der Waals surface area (Å²) in [6, 6.07) is 5.88. The SMILES string of the molecule is COP(=O)(OC)C1=CNN(c2cc(C)cc(C)c2)C1O. The van der Waals surface area contributed by atoms with Crippen molar-refractivity contribution in [1.29, 1.82) is 0 Å². The molecule has 0 aromatic heterocycles. The van der Waals surface area contributed by atoms with E-state index in [1.54, 1.807) is 0 Å². The molecule has 0 amide bonds. The van der Waals surface area contributed by atoms with E-state index in [9.17, 15) is 9.67 Å². The number of anilines is 1. The average molecular weight is 298 g/mol. The van der Waals surface area contributed by atoms with Crippen molar-refractivity contribution in [1.82, 2.24) is 5.43 Å². The maximum Gasteiger partial charge on any atom is 0.362 e. The number of hydrogen-bond acceptors (Lipinski definition) is 6. The van der Waals surface area contributed by atoms with E-state index in [-0.39, 0.29) is 5.31 Å². The summed E-state index contributed by atoms with van der Waals surface area (Å²) in [6.45, 7) is 3.95. The summed E-state index contributed by atoms with van der Waals surface area (Å²) >= 11 is 0. The van der Waals surface area contributed by atoms with Crippen LogP contribution < -0.4 is 10.4 Å². The van der Waals surface area contributed by atoms with Gasteiger partial charge in [0.25, 0.3) is 0 Å². The van der Waals surface area contributed by atoms with Crippen molar-refractivity contribution >= 4 is 13.3 Å². The molecule has 1 heterocycles. The molecular weight excluding hydrogens is 279 g/mol. The topological polar surface area (TPSA) is 71.0 Å². The molecular formula is C13H19N2O4P. The predicted molar refractivity (Wildman–Crippen MR) is 77.2 cm³/mol. The van der Waals surface area contributed by atoms with E-state index in [0.717, 1.165) is 16.8 Å². The van der Waals surface area contributed by atoms with Crippen LogP contribution in [0.2, 0.25) is 0 Å². The van der Waals surface area contributed by atoms with Crippen molar-refractivity contribution in [2.45, 2.75) is 20.1 Å². The molecule has 0 radical (unpaired) electrons. The van der Waals surface area contributed by atoms with Crippen LogP contribution in [0.15, 0.2) is 29.7 Å². The van der Waals surface area contributed by atoms with Crippen LogP contribution in [0.1, 0.15) is 11.1 Å². The summed E-state index contributed by atoms with van der Waals surface area (Å²) in [4.78, 5) is 0. The molecule has 20 heavy (non-hydrogen) atoms. The zero-order valence-corrected chi connectivity index (χ0v) is 12.8. The van der Waals surface area contributed by atoms with Crippen molar-refractivity contribution in [2.75, 3.05) is 19.2 Å². The van der Waals surface area contributed by atoms with Gasteiger partial charge >= 0.3 is 7.60 Å². The quantitative estimate of drug-likeness (QED) is 0.831. The van der Waals surface area contributed by atoms with Crippen molar-refractivity contribution in [3.05, 3.63) is 40.8 Å². The van der Waals surface area contributed by atoms with E-state index in [1.807, 2.05) is 32.0 Å². The monoisotopic (exact) mass is 298 g/mol. The number of hydrogen-bond donors (Lipinski definition) is 2. The summed E-state index contributed by atoms with van der Waals surface area (Å²) in [5.74, 6) is 0. The van der Waals surface area contributed by atoms with Crippen LogP contribution in [0, 0.1) is 13.8 Å². The van der Waals surface area contributed by atoms with Gasteiger partial charge in [-0.15, -0.1) is 0 Å². The smallest absolute Gasteiger partial charge is 0.362 e.